The molecule has 202 valence electrons. The number of aliphatic hydroxyl groups is 1. The zero-order valence-electron chi connectivity index (χ0n) is 24.3. The summed E-state index contributed by atoms with van der Waals surface area (Å²) in [6.07, 6.45) is 18.6. The van der Waals surface area contributed by atoms with Crippen molar-refractivity contribution in [3.8, 4) is 0 Å². The first kappa shape index (κ1) is 31.7. The molecule has 4 unspecified atom stereocenters. The van der Waals surface area contributed by atoms with Gasteiger partial charge in [0.25, 0.3) is 0 Å². The second-order valence-corrected chi connectivity index (χ2v) is 11.1. The summed E-state index contributed by atoms with van der Waals surface area (Å²) in [5.74, 6) is 2.05. The third-order valence-corrected chi connectivity index (χ3v) is 8.84. The summed E-state index contributed by atoms with van der Waals surface area (Å²) in [7, 11) is 0. The number of esters is 1. The van der Waals surface area contributed by atoms with Crippen LogP contribution in [0.2, 0.25) is 0 Å². The van der Waals surface area contributed by atoms with Crippen LogP contribution < -0.4 is 0 Å². The molecule has 0 radical (unpaired) electrons. The zero-order chi connectivity index (χ0) is 27.5. The Morgan fingerprint density at radius 1 is 1.06 bits per heavy atom. The van der Waals surface area contributed by atoms with Gasteiger partial charge >= 0.3 is 5.97 Å². The molecule has 1 aliphatic rings. The van der Waals surface area contributed by atoms with Crippen molar-refractivity contribution in [1.82, 2.24) is 0 Å². The monoisotopic (exact) mass is 496 g/mol. The van der Waals surface area contributed by atoms with E-state index in [2.05, 4.69) is 46.9 Å². The van der Waals surface area contributed by atoms with Crippen LogP contribution in [0.5, 0.6) is 0 Å². The molecule has 1 N–H and O–H groups in total. The maximum Gasteiger partial charge on any atom is 0.316 e. The van der Waals surface area contributed by atoms with Crippen LogP contribution in [-0.2, 0) is 9.53 Å². The normalized spacial score (nSPS) is 23.0. The topological polar surface area (TPSA) is 46.5 Å². The average molecular weight is 497 g/mol. The standard InChI is InChI=1S/C33H52O3/c1-11-25(7)33(26(8)19-22-30(34)13-3,29-18-16-17-24(6)23-29)28(12-2)21-20-27(9)36-31(35)32(10,14-4)15-5/h12-13,19-22,24-25,29,34H,2-3,11,14-18,23H2,1,4-10H3/b26-19+,27-20+,28-21+,30-22+. The van der Waals surface area contributed by atoms with E-state index in [9.17, 15) is 9.90 Å². The number of aliphatic hydroxyl groups excluding tert-OH is 1. The Hall–Kier alpha value is -2.29. The SMILES string of the molecule is C=C/C(O)=C\C=C(/C)C(/C(C=C)=C/C=C(\C)OC(=O)C(C)(CC)CC)(C(C)CC)C1CCCC(C)C1. The quantitative estimate of drug-likeness (QED) is 0.157. The van der Waals surface area contributed by atoms with Gasteiger partial charge in [0, 0.05) is 5.41 Å². The smallest absolute Gasteiger partial charge is 0.316 e. The van der Waals surface area contributed by atoms with Crippen molar-refractivity contribution in [2.75, 3.05) is 0 Å². The van der Waals surface area contributed by atoms with Gasteiger partial charge in [-0.25, -0.2) is 0 Å². The second kappa shape index (κ2) is 14.4. The average Bonchev–Trinajstić information content (AvgIpc) is 2.88. The van der Waals surface area contributed by atoms with Crippen LogP contribution in [0.4, 0.5) is 0 Å². The van der Waals surface area contributed by atoms with E-state index in [0.717, 1.165) is 37.7 Å². The maximum atomic E-state index is 12.8. The Bertz CT molecular complexity index is 881. The summed E-state index contributed by atoms with van der Waals surface area (Å²) in [5.41, 5.74) is 1.63. The molecule has 1 fully saturated rings. The molecule has 0 amide bonds. The van der Waals surface area contributed by atoms with E-state index < -0.39 is 5.41 Å². The van der Waals surface area contributed by atoms with Crippen molar-refractivity contribution in [2.24, 2.45) is 28.6 Å². The van der Waals surface area contributed by atoms with Crippen LogP contribution in [0.1, 0.15) is 100 Å². The van der Waals surface area contributed by atoms with Crippen LogP contribution in [0.15, 0.2) is 72.3 Å². The van der Waals surface area contributed by atoms with Gasteiger partial charge in [-0.05, 0) is 88.0 Å². The lowest BCUT2D eigenvalue weighted by atomic mass is 9.54. The molecule has 3 nitrogen and oxygen atoms in total. The number of ether oxygens (including phenoxy) is 1. The lowest BCUT2D eigenvalue weighted by Gasteiger charge is -2.50. The van der Waals surface area contributed by atoms with Gasteiger partial charge in [0.15, 0.2) is 0 Å². The van der Waals surface area contributed by atoms with Crippen molar-refractivity contribution in [1.29, 1.82) is 0 Å². The first-order valence-corrected chi connectivity index (χ1v) is 13.9. The van der Waals surface area contributed by atoms with Crippen molar-refractivity contribution in [3.63, 3.8) is 0 Å². The van der Waals surface area contributed by atoms with E-state index in [1.54, 1.807) is 6.08 Å². The molecule has 0 heterocycles. The van der Waals surface area contributed by atoms with Crippen LogP contribution in [0, 0.1) is 28.6 Å². The number of carbonyl (C=O) groups excluding carboxylic acids is 1. The van der Waals surface area contributed by atoms with E-state index in [1.807, 2.05) is 45.9 Å². The van der Waals surface area contributed by atoms with Crippen LogP contribution in [0.3, 0.4) is 0 Å². The fourth-order valence-electron chi connectivity index (χ4n) is 5.87. The largest absolute Gasteiger partial charge is 0.508 e. The van der Waals surface area contributed by atoms with Crippen molar-refractivity contribution in [3.05, 3.63) is 72.3 Å². The second-order valence-electron chi connectivity index (χ2n) is 11.1. The van der Waals surface area contributed by atoms with E-state index in [-0.39, 0.29) is 17.1 Å². The first-order chi connectivity index (χ1) is 17.0. The summed E-state index contributed by atoms with van der Waals surface area (Å²) in [5, 5.41) is 10.1. The maximum absolute atomic E-state index is 12.8. The summed E-state index contributed by atoms with van der Waals surface area (Å²) in [4.78, 5) is 12.8. The molecule has 0 aromatic carbocycles. The van der Waals surface area contributed by atoms with Gasteiger partial charge in [-0.2, -0.15) is 0 Å². The van der Waals surface area contributed by atoms with Gasteiger partial charge in [-0.1, -0.05) is 90.8 Å². The minimum atomic E-state index is -0.475. The van der Waals surface area contributed by atoms with Gasteiger partial charge in [0.1, 0.15) is 11.5 Å². The van der Waals surface area contributed by atoms with Gasteiger partial charge < -0.3 is 9.84 Å². The molecule has 0 saturated heterocycles. The highest BCUT2D eigenvalue weighted by atomic mass is 16.5. The van der Waals surface area contributed by atoms with E-state index >= 15 is 0 Å². The molecule has 36 heavy (non-hydrogen) atoms. The summed E-state index contributed by atoms with van der Waals surface area (Å²) < 4.78 is 5.78. The Kier molecular flexibility index (Phi) is 12.7. The number of rotatable bonds is 13. The van der Waals surface area contributed by atoms with Crippen molar-refractivity contribution >= 4 is 5.97 Å². The Morgan fingerprint density at radius 2 is 1.69 bits per heavy atom. The first-order valence-electron chi connectivity index (χ1n) is 13.9. The third kappa shape index (κ3) is 7.37. The number of carbonyl (C=O) groups is 1. The van der Waals surface area contributed by atoms with E-state index in [4.69, 9.17) is 4.74 Å². The predicted octanol–water partition coefficient (Wildman–Crippen LogP) is 9.81. The third-order valence-electron chi connectivity index (χ3n) is 8.84. The molecular weight excluding hydrogens is 444 g/mol. The minimum Gasteiger partial charge on any atom is -0.508 e. The highest BCUT2D eigenvalue weighted by molar-refractivity contribution is 5.77. The summed E-state index contributed by atoms with van der Waals surface area (Å²) >= 11 is 0. The van der Waals surface area contributed by atoms with Crippen molar-refractivity contribution < 1.29 is 14.6 Å². The Labute approximate surface area is 221 Å². The molecule has 1 saturated carbocycles. The van der Waals surface area contributed by atoms with Gasteiger partial charge in [0.05, 0.1) is 5.41 Å². The van der Waals surface area contributed by atoms with Crippen LogP contribution in [-0.4, -0.2) is 11.1 Å². The molecular formula is C33H52O3. The Morgan fingerprint density at radius 3 is 2.19 bits per heavy atom. The van der Waals surface area contributed by atoms with Crippen LogP contribution >= 0.6 is 0 Å². The van der Waals surface area contributed by atoms with Gasteiger partial charge in [0.2, 0.25) is 0 Å². The molecule has 1 aliphatic carbocycles. The number of allylic oxidation sites excluding steroid dienone is 9. The highest BCUT2D eigenvalue weighted by Gasteiger charge is 2.46. The fraction of sp³-hybridized carbons (Fsp3) is 0.606. The fourth-order valence-corrected chi connectivity index (χ4v) is 5.87. The molecule has 0 spiro atoms. The van der Waals surface area contributed by atoms with Gasteiger partial charge in [-0.15, -0.1) is 0 Å². The molecule has 4 atom stereocenters. The molecule has 1 rings (SSSR count). The molecule has 3 heteroatoms. The minimum absolute atomic E-state index is 0.158. The summed E-state index contributed by atoms with van der Waals surface area (Å²) in [6, 6.07) is 0. The molecule has 0 aliphatic heterocycles. The Balaban J connectivity index is 3.70. The number of hydrogen-bond acceptors (Lipinski definition) is 3. The highest BCUT2D eigenvalue weighted by Crippen LogP contribution is 2.55. The molecule has 0 bridgehead atoms. The lowest BCUT2D eigenvalue weighted by molar-refractivity contribution is -0.150. The van der Waals surface area contributed by atoms with E-state index in [0.29, 0.717) is 23.5 Å². The van der Waals surface area contributed by atoms with Crippen LogP contribution in [0.25, 0.3) is 0 Å². The molecule has 0 aromatic rings. The van der Waals surface area contributed by atoms with E-state index in [1.165, 1.54) is 24.5 Å². The lowest BCUT2D eigenvalue weighted by Crippen LogP contribution is -2.41. The van der Waals surface area contributed by atoms with Crippen molar-refractivity contribution in [2.45, 2.75) is 100 Å². The predicted molar refractivity (Wildman–Crippen MR) is 154 cm³/mol. The zero-order valence-corrected chi connectivity index (χ0v) is 24.3. The van der Waals surface area contributed by atoms with Gasteiger partial charge in [-0.3, -0.25) is 4.79 Å². The summed E-state index contributed by atoms with van der Waals surface area (Å²) in [6.45, 7) is 24.9. The number of hydrogen-bond donors (Lipinski definition) is 1. The molecule has 0 aromatic heterocycles.